The Morgan fingerprint density at radius 3 is 1.75 bits per heavy atom. The lowest BCUT2D eigenvalue weighted by molar-refractivity contribution is -0.693. The molecule has 0 N–H and O–H groups in total. The zero-order chi connectivity index (χ0) is 21.3. The van der Waals surface area contributed by atoms with Gasteiger partial charge < -0.3 is 0 Å². The first-order valence-electron chi connectivity index (χ1n) is 11.2. The molecule has 1 aromatic heterocycles. The normalized spacial score (nSPS) is 11.4. The largest absolute Gasteiger partial charge is 0.197 e. The predicted octanol–water partition coefficient (Wildman–Crippen LogP) is 7.07. The molecule has 0 aliphatic heterocycles. The highest BCUT2D eigenvalue weighted by molar-refractivity contribution is 6.02. The summed E-state index contributed by atoms with van der Waals surface area (Å²) in [4.78, 5) is 0. The summed E-state index contributed by atoms with van der Waals surface area (Å²) in [5.74, 6) is 0. The second-order valence-corrected chi connectivity index (χ2v) is 8.44. The number of aromatic nitrogens is 1. The number of fused-ring (bicyclic) bond motifs is 3. The fourth-order valence-corrected chi connectivity index (χ4v) is 4.91. The molecule has 0 radical (unpaired) electrons. The maximum absolute atomic E-state index is 2.42. The Labute approximate surface area is 188 Å². The quantitative estimate of drug-likeness (QED) is 0.216. The third-order valence-electron chi connectivity index (χ3n) is 6.48. The number of hydrogen-bond donors (Lipinski definition) is 0. The van der Waals surface area contributed by atoms with Gasteiger partial charge in [0.15, 0.2) is 18.4 Å². The molecule has 0 aliphatic rings. The molecule has 0 aliphatic carbocycles. The van der Waals surface area contributed by atoms with E-state index >= 15 is 0 Å². The molecular weight excluding hydrogens is 386 g/mol. The minimum atomic E-state index is 0.865. The van der Waals surface area contributed by atoms with Gasteiger partial charge in [-0.15, -0.1) is 0 Å². The van der Waals surface area contributed by atoms with Crippen molar-refractivity contribution < 1.29 is 4.57 Å². The first-order valence-corrected chi connectivity index (χ1v) is 11.2. The van der Waals surface area contributed by atoms with Crippen molar-refractivity contribution in [2.24, 2.45) is 0 Å². The van der Waals surface area contributed by atoms with Crippen molar-refractivity contribution in [3.63, 3.8) is 0 Å². The van der Waals surface area contributed by atoms with Crippen LogP contribution in [0, 0.1) is 0 Å². The first kappa shape index (κ1) is 18.8. The van der Waals surface area contributed by atoms with E-state index < -0.39 is 0 Å². The average Bonchev–Trinajstić information content (AvgIpc) is 2.85. The van der Waals surface area contributed by atoms with Crippen LogP contribution in [-0.4, -0.2) is 0 Å². The van der Waals surface area contributed by atoms with Crippen molar-refractivity contribution in [3.8, 4) is 0 Å². The second kappa shape index (κ2) is 7.94. The predicted molar refractivity (Wildman–Crippen MR) is 134 cm³/mol. The molecule has 0 unspecified atom stereocenters. The third-order valence-corrected chi connectivity index (χ3v) is 6.48. The second-order valence-electron chi connectivity index (χ2n) is 8.44. The zero-order valence-corrected chi connectivity index (χ0v) is 17.9. The van der Waals surface area contributed by atoms with Crippen LogP contribution in [0.25, 0.3) is 32.3 Å². The van der Waals surface area contributed by atoms with Gasteiger partial charge in [0.05, 0.1) is 6.42 Å². The van der Waals surface area contributed by atoms with Crippen LogP contribution in [0.2, 0.25) is 0 Å². The van der Waals surface area contributed by atoms with E-state index in [2.05, 4.69) is 126 Å². The van der Waals surface area contributed by atoms with Crippen LogP contribution >= 0.6 is 0 Å². The Balaban J connectivity index is 1.60. The summed E-state index contributed by atoms with van der Waals surface area (Å²) in [5, 5.41) is 7.89. The lowest BCUT2D eigenvalue weighted by atomic mass is 9.92. The molecule has 0 atom stereocenters. The molecule has 1 heteroatoms. The monoisotopic (exact) mass is 410 g/mol. The van der Waals surface area contributed by atoms with E-state index in [1.165, 1.54) is 49.1 Å². The van der Waals surface area contributed by atoms with Crippen LogP contribution in [0.3, 0.4) is 0 Å². The van der Waals surface area contributed by atoms with Gasteiger partial charge in [-0.05, 0) is 44.6 Å². The number of nitrogens with zero attached hydrogens (tertiary/aromatic N) is 1. The number of benzene rings is 5. The van der Waals surface area contributed by atoms with E-state index in [1.807, 2.05) is 0 Å². The maximum atomic E-state index is 2.42. The highest BCUT2D eigenvalue weighted by atomic mass is 15.0. The molecule has 152 valence electrons. The van der Waals surface area contributed by atoms with E-state index in [0.29, 0.717) is 0 Å². The Bertz CT molecular complexity index is 1510. The maximum Gasteiger partial charge on any atom is 0.193 e. The van der Waals surface area contributed by atoms with Gasteiger partial charge >= 0.3 is 0 Å². The fourth-order valence-electron chi connectivity index (χ4n) is 4.91. The molecule has 32 heavy (non-hydrogen) atoms. The molecule has 1 heterocycles. The van der Waals surface area contributed by atoms with Crippen molar-refractivity contribution in [2.45, 2.75) is 13.0 Å². The Kier molecular flexibility index (Phi) is 4.66. The fraction of sp³-hybridized carbons (Fsp3) is 0.0645. The number of rotatable bonds is 4. The van der Waals surface area contributed by atoms with Gasteiger partial charge in [-0.1, -0.05) is 97.1 Å². The molecule has 0 saturated carbocycles. The van der Waals surface area contributed by atoms with E-state index in [-0.39, 0.29) is 0 Å². The smallest absolute Gasteiger partial charge is 0.193 e. The van der Waals surface area contributed by atoms with Crippen LogP contribution in [-0.2, 0) is 13.0 Å². The van der Waals surface area contributed by atoms with Gasteiger partial charge in [0.2, 0.25) is 0 Å². The summed E-state index contributed by atoms with van der Waals surface area (Å²) in [6, 6.07) is 41.6. The summed E-state index contributed by atoms with van der Waals surface area (Å²) in [6.45, 7) is 0.865. The Morgan fingerprint density at radius 2 is 1.06 bits per heavy atom. The van der Waals surface area contributed by atoms with Crippen molar-refractivity contribution >= 4 is 32.3 Å². The highest BCUT2D eigenvalue weighted by Gasteiger charge is 2.19. The van der Waals surface area contributed by atoms with Crippen LogP contribution in [0.5, 0.6) is 0 Å². The SMILES string of the molecule is c1ccc(C[n+]2ccc3ccccc3c2Cc2c3ccccc3cc3ccccc23)cc1. The summed E-state index contributed by atoms with van der Waals surface area (Å²) >= 11 is 0. The summed E-state index contributed by atoms with van der Waals surface area (Å²) < 4.78 is 2.42. The lowest BCUT2D eigenvalue weighted by Crippen LogP contribution is -2.39. The van der Waals surface area contributed by atoms with Crippen molar-refractivity contribution in [3.05, 3.63) is 138 Å². The minimum Gasteiger partial charge on any atom is -0.197 e. The molecule has 0 saturated heterocycles. The topological polar surface area (TPSA) is 3.88 Å². The molecule has 0 amide bonds. The number of hydrogen-bond acceptors (Lipinski definition) is 0. The van der Waals surface area contributed by atoms with Gasteiger partial charge in [0.1, 0.15) is 0 Å². The van der Waals surface area contributed by atoms with Crippen molar-refractivity contribution in [1.29, 1.82) is 0 Å². The third kappa shape index (κ3) is 3.33. The molecule has 0 spiro atoms. The van der Waals surface area contributed by atoms with Crippen LogP contribution in [0.1, 0.15) is 16.8 Å². The van der Waals surface area contributed by atoms with Crippen molar-refractivity contribution in [2.75, 3.05) is 0 Å². The molecule has 5 aromatic carbocycles. The van der Waals surface area contributed by atoms with Gasteiger partial charge in [0, 0.05) is 17.0 Å². The molecule has 6 rings (SSSR count). The summed E-state index contributed by atoms with van der Waals surface area (Å²) in [7, 11) is 0. The molecule has 0 bridgehead atoms. The van der Waals surface area contributed by atoms with Crippen LogP contribution in [0.15, 0.2) is 121 Å². The zero-order valence-electron chi connectivity index (χ0n) is 17.9. The van der Waals surface area contributed by atoms with Gasteiger partial charge in [0.25, 0.3) is 0 Å². The molecular formula is C31H24N+. The molecule has 1 nitrogen and oxygen atoms in total. The van der Waals surface area contributed by atoms with E-state index in [1.54, 1.807) is 0 Å². The minimum absolute atomic E-state index is 0.865. The lowest BCUT2D eigenvalue weighted by Gasteiger charge is -2.13. The van der Waals surface area contributed by atoms with E-state index in [9.17, 15) is 0 Å². The van der Waals surface area contributed by atoms with Gasteiger partial charge in [-0.2, -0.15) is 4.57 Å². The summed E-state index contributed by atoms with van der Waals surface area (Å²) in [5.41, 5.74) is 4.07. The van der Waals surface area contributed by atoms with Gasteiger partial charge in [-0.3, -0.25) is 0 Å². The van der Waals surface area contributed by atoms with Crippen LogP contribution in [0.4, 0.5) is 0 Å². The Morgan fingerprint density at radius 1 is 0.500 bits per heavy atom. The highest BCUT2D eigenvalue weighted by Crippen LogP contribution is 2.31. The van der Waals surface area contributed by atoms with Crippen molar-refractivity contribution in [1.82, 2.24) is 0 Å². The molecule has 6 aromatic rings. The summed E-state index contributed by atoms with van der Waals surface area (Å²) in [6.07, 6.45) is 3.13. The van der Waals surface area contributed by atoms with Gasteiger partial charge in [-0.25, -0.2) is 0 Å². The van der Waals surface area contributed by atoms with E-state index in [4.69, 9.17) is 0 Å². The average molecular weight is 411 g/mol. The first-order chi connectivity index (χ1) is 15.9. The number of pyridine rings is 1. The molecule has 0 fully saturated rings. The van der Waals surface area contributed by atoms with E-state index in [0.717, 1.165) is 13.0 Å². The standard InChI is InChI=1S/C31H24N/c1-2-10-23(11-3-1)22-32-19-18-24-12-4-9-17-29(24)31(32)21-30-27-15-7-5-13-25(27)20-26-14-6-8-16-28(26)30/h1-20H,21-22H2/q+1. The Hall–Kier alpha value is -3.97. The van der Waals surface area contributed by atoms with Crippen LogP contribution < -0.4 is 4.57 Å².